The molecule has 4 heterocycles. The number of H-pyrrole nitrogens is 1. The third kappa shape index (κ3) is 4.83. The van der Waals surface area contributed by atoms with E-state index in [4.69, 9.17) is 11.6 Å². The first-order valence-corrected chi connectivity index (χ1v) is 11.4. The fraction of sp³-hybridized carbons (Fsp3) is 0.348. The number of nitrogens with zero attached hydrogens (tertiary/aromatic N) is 3. The highest BCUT2D eigenvalue weighted by molar-refractivity contribution is 6.20. The minimum absolute atomic E-state index is 0.120. The van der Waals surface area contributed by atoms with Gasteiger partial charge in [-0.2, -0.15) is 5.10 Å². The normalized spacial score (nSPS) is 20.1. The van der Waals surface area contributed by atoms with E-state index in [9.17, 15) is 13.6 Å². The van der Waals surface area contributed by atoms with Crippen molar-refractivity contribution >= 4 is 29.0 Å². The smallest absolute Gasteiger partial charge is 0.420 e. The summed E-state index contributed by atoms with van der Waals surface area (Å²) in [6.07, 6.45) is 6.57. The average Bonchev–Trinajstić information content (AvgIpc) is 3.33. The number of carbonyl (C=O) groups excluding carboxylic acids is 1. The maximum atomic E-state index is 12.9. The van der Waals surface area contributed by atoms with Crippen LogP contribution < -0.4 is 20.3 Å². The van der Waals surface area contributed by atoms with Gasteiger partial charge in [-0.05, 0) is 62.2 Å². The quantitative estimate of drug-likeness (QED) is 0.450. The van der Waals surface area contributed by atoms with E-state index in [1.807, 2.05) is 6.07 Å². The molecule has 1 atom stereocenters. The van der Waals surface area contributed by atoms with E-state index in [0.29, 0.717) is 11.3 Å². The number of piperidine rings is 1. The van der Waals surface area contributed by atoms with Crippen LogP contribution in [0.25, 0.3) is 11.3 Å². The molecule has 0 saturated carbocycles. The van der Waals surface area contributed by atoms with Gasteiger partial charge in [0.05, 0.1) is 11.3 Å². The summed E-state index contributed by atoms with van der Waals surface area (Å²) in [5.41, 5.74) is -1.34. The monoisotopic (exact) mass is 488 g/mol. The molecule has 2 saturated heterocycles. The first-order chi connectivity index (χ1) is 16.3. The summed E-state index contributed by atoms with van der Waals surface area (Å²) in [6, 6.07) is 9.12. The van der Waals surface area contributed by atoms with E-state index in [2.05, 4.69) is 35.5 Å². The van der Waals surface area contributed by atoms with E-state index in [-0.39, 0.29) is 17.2 Å². The lowest BCUT2D eigenvalue weighted by molar-refractivity contribution is -0.0964. The molecule has 2 aliphatic rings. The van der Waals surface area contributed by atoms with Gasteiger partial charge < -0.3 is 20.3 Å². The Morgan fingerprint density at radius 1 is 1.24 bits per heavy atom. The Bertz CT molecular complexity index is 1160. The van der Waals surface area contributed by atoms with Gasteiger partial charge in [-0.3, -0.25) is 9.89 Å². The largest absolute Gasteiger partial charge is 0.487 e. The zero-order chi connectivity index (χ0) is 23.8. The van der Waals surface area contributed by atoms with Crippen molar-refractivity contribution in [2.75, 3.05) is 29.9 Å². The zero-order valence-electron chi connectivity index (χ0n) is 18.2. The van der Waals surface area contributed by atoms with Crippen molar-refractivity contribution < 1.29 is 18.3 Å². The van der Waals surface area contributed by atoms with E-state index >= 15 is 0 Å². The molecule has 0 bridgehead atoms. The number of carbonyl (C=O) groups is 1. The Kier molecular flexibility index (Phi) is 5.86. The second kappa shape index (κ2) is 8.84. The molecule has 11 heteroatoms. The molecule has 8 nitrogen and oxygen atoms in total. The molecule has 34 heavy (non-hydrogen) atoms. The molecule has 2 fully saturated rings. The summed E-state index contributed by atoms with van der Waals surface area (Å²) in [5, 5.41) is 13.4. The summed E-state index contributed by atoms with van der Waals surface area (Å²) >= 11 is 4.78. The fourth-order valence-electron chi connectivity index (χ4n) is 4.52. The second-order valence-electron chi connectivity index (χ2n) is 8.57. The van der Waals surface area contributed by atoms with Crippen molar-refractivity contribution in [3.8, 4) is 17.0 Å². The van der Waals surface area contributed by atoms with Gasteiger partial charge in [0.15, 0.2) is 0 Å². The van der Waals surface area contributed by atoms with Crippen LogP contribution in [0.5, 0.6) is 5.75 Å². The van der Waals surface area contributed by atoms with Crippen molar-refractivity contribution in [1.29, 1.82) is 0 Å². The van der Waals surface area contributed by atoms with Crippen LogP contribution in [-0.2, 0) is 0 Å². The van der Waals surface area contributed by atoms with E-state index in [0.717, 1.165) is 56.0 Å². The van der Waals surface area contributed by atoms with Crippen molar-refractivity contribution in [3.63, 3.8) is 0 Å². The summed E-state index contributed by atoms with van der Waals surface area (Å²) in [6.45, 7) is 2.79. The number of pyridine rings is 1. The van der Waals surface area contributed by atoms with Crippen LogP contribution in [0, 0.1) is 0 Å². The number of hydrogen-bond acceptors (Lipinski definition) is 6. The molecule has 1 unspecified atom stereocenters. The maximum absolute atomic E-state index is 12.9. The number of aromatic amines is 1. The van der Waals surface area contributed by atoms with Crippen LogP contribution in [0.2, 0.25) is 0 Å². The van der Waals surface area contributed by atoms with Gasteiger partial charge in [0, 0.05) is 53.9 Å². The van der Waals surface area contributed by atoms with Crippen molar-refractivity contribution in [2.45, 2.75) is 30.4 Å². The minimum atomic E-state index is -3.80. The number of anilines is 2. The first kappa shape index (κ1) is 22.5. The Labute approximate surface area is 199 Å². The molecule has 5 rings (SSSR count). The van der Waals surface area contributed by atoms with Crippen LogP contribution in [0.4, 0.5) is 20.3 Å². The van der Waals surface area contributed by atoms with Crippen LogP contribution in [-0.4, -0.2) is 51.8 Å². The van der Waals surface area contributed by atoms with Crippen molar-refractivity contribution in [1.82, 2.24) is 20.5 Å². The Morgan fingerprint density at radius 2 is 2.03 bits per heavy atom. The summed E-state index contributed by atoms with van der Waals surface area (Å²) in [5.74, 6) is 0.301. The zero-order valence-corrected chi connectivity index (χ0v) is 18.9. The number of rotatable bonds is 6. The van der Waals surface area contributed by atoms with E-state index in [1.165, 1.54) is 24.3 Å². The highest BCUT2D eigenvalue weighted by atomic mass is 35.5. The van der Waals surface area contributed by atoms with E-state index < -0.39 is 5.57 Å². The predicted molar refractivity (Wildman–Crippen MR) is 124 cm³/mol. The van der Waals surface area contributed by atoms with E-state index in [1.54, 1.807) is 18.5 Å². The molecule has 178 valence electrons. The Hall–Kier alpha value is -3.24. The average molecular weight is 489 g/mol. The highest BCUT2D eigenvalue weighted by Crippen LogP contribution is 2.36. The van der Waals surface area contributed by atoms with Gasteiger partial charge in [0.25, 0.3) is 5.91 Å². The third-order valence-electron chi connectivity index (χ3n) is 6.25. The summed E-state index contributed by atoms with van der Waals surface area (Å²) < 4.78 is 29.9. The number of nitrogens with one attached hydrogen (secondary N) is 3. The molecule has 2 aliphatic heterocycles. The minimum Gasteiger partial charge on any atom is -0.420 e. The van der Waals surface area contributed by atoms with Gasteiger partial charge in [0.2, 0.25) is 0 Å². The molecular weight excluding hydrogens is 466 g/mol. The second-order valence-corrected chi connectivity index (χ2v) is 9.01. The van der Waals surface area contributed by atoms with Crippen LogP contribution in [0.1, 0.15) is 29.6 Å². The maximum Gasteiger partial charge on any atom is 0.487 e. The highest BCUT2D eigenvalue weighted by Gasteiger charge is 2.41. The molecule has 0 aliphatic carbocycles. The lowest BCUT2D eigenvalue weighted by Crippen LogP contribution is -2.65. The molecule has 1 aromatic carbocycles. The van der Waals surface area contributed by atoms with Crippen molar-refractivity contribution in [3.05, 3.63) is 54.4 Å². The van der Waals surface area contributed by atoms with Crippen LogP contribution in [0.3, 0.4) is 0 Å². The van der Waals surface area contributed by atoms with Gasteiger partial charge in [-0.15, -0.1) is 8.78 Å². The molecule has 3 aromatic rings. The number of aromatic nitrogens is 3. The fourth-order valence-corrected chi connectivity index (χ4v) is 4.61. The summed E-state index contributed by atoms with van der Waals surface area (Å²) in [7, 11) is 0. The Morgan fingerprint density at radius 3 is 2.68 bits per heavy atom. The first-order valence-electron chi connectivity index (χ1n) is 11.0. The summed E-state index contributed by atoms with van der Waals surface area (Å²) in [4.78, 5) is 19.9. The Balaban J connectivity index is 1.37. The standard InChI is InChI=1S/C23H23ClF2N6O2/c24-23(25,26)34-17-4-2-16(3-5-17)30-21(33)15-12-18(19-6-9-29-31-19)20(27-13-15)32-11-1-7-22(14-32)8-10-28-22/h2-6,9,12-13,28H,1,7-8,10-11,14H2,(H,29,31)(H,30,33). The molecule has 0 radical (unpaired) electrons. The van der Waals surface area contributed by atoms with Gasteiger partial charge in [-0.1, -0.05) is 0 Å². The number of benzene rings is 1. The number of halogens is 3. The van der Waals surface area contributed by atoms with Crippen LogP contribution >= 0.6 is 11.6 Å². The van der Waals surface area contributed by atoms with Gasteiger partial charge in [0.1, 0.15) is 11.6 Å². The number of ether oxygens (including phenoxy) is 1. The lowest BCUT2D eigenvalue weighted by atomic mass is 9.80. The van der Waals surface area contributed by atoms with Gasteiger partial charge in [-0.25, -0.2) is 4.98 Å². The number of alkyl halides is 3. The van der Waals surface area contributed by atoms with Crippen LogP contribution in [0.15, 0.2) is 48.8 Å². The van der Waals surface area contributed by atoms with Crippen molar-refractivity contribution in [2.24, 2.45) is 0 Å². The molecule has 3 N–H and O–H groups in total. The molecule has 2 aromatic heterocycles. The molecular formula is C23H23ClF2N6O2. The third-order valence-corrected chi connectivity index (χ3v) is 6.32. The molecule has 1 spiro atoms. The number of hydrogen-bond donors (Lipinski definition) is 3. The molecule has 1 amide bonds. The topological polar surface area (TPSA) is 95.2 Å². The SMILES string of the molecule is O=C(Nc1ccc(OC(F)(F)Cl)cc1)c1cnc(N2CCCC3(CCN3)C2)c(-c2ccn[nH]2)c1. The predicted octanol–water partition coefficient (Wildman–Crippen LogP) is 4.22. The number of amides is 1. The lowest BCUT2D eigenvalue weighted by Gasteiger charge is -2.50. The van der Waals surface area contributed by atoms with Gasteiger partial charge >= 0.3 is 5.57 Å².